The summed E-state index contributed by atoms with van der Waals surface area (Å²) in [6, 6.07) is 7.97. The number of rotatable bonds is 3. The molecule has 2 nitrogen and oxygen atoms in total. The van der Waals surface area contributed by atoms with Crippen LogP contribution in [0.3, 0.4) is 0 Å². The van der Waals surface area contributed by atoms with Crippen LogP contribution in [-0.4, -0.2) is 12.3 Å². The van der Waals surface area contributed by atoms with Crippen molar-refractivity contribution in [2.24, 2.45) is 0 Å². The summed E-state index contributed by atoms with van der Waals surface area (Å²) >= 11 is 0. The lowest BCUT2D eigenvalue weighted by molar-refractivity contribution is -0.121. The number of hydrogen-bond donors (Lipinski definition) is 1. The lowest BCUT2D eigenvalue weighted by Crippen LogP contribution is -2.35. The predicted octanol–water partition coefficient (Wildman–Crippen LogP) is 1.86. The monoisotopic (exact) mass is 213 g/mol. The number of ketones is 1. The maximum atomic E-state index is 12.0. The summed E-state index contributed by atoms with van der Waals surface area (Å²) in [5, 5.41) is 3.27. The Bertz CT molecular complexity index is 431. The van der Waals surface area contributed by atoms with E-state index in [0.717, 1.165) is 18.5 Å². The van der Waals surface area contributed by atoms with Crippen molar-refractivity contribution in [1.82, 2.24) is 5.32 Å². The average molecular weight is 213 g/mol. The molecule has 2 rings (SSSR count). The summed E-state index contributed by atoms with van der Waals surface area (Å²) < 4.78 is 0. The molecule has 82 valence electrons. The van der Waals surface area contributed by atoms with E-state index in [2.05, 4.69) is 17.3 Å². The fourth-order valence-corrected chi connectivity index (χ4v) is 2.13. The van der Waals surface area contributed by atoms with Crippen molar-refractivity contribution in [3.63, 3.8) is 0 Å². The van der Waals surface area contributed by atoms with E-state index in [1.54, 1.807) is 0 Å². The van der Waals surface area contributed by atoms with Crippen molar-refractivity contribution in [1.29, 1.82) is 0 Å². The van der Waals surface area contributed by atoms with E-state index in [4.69, 9.17) is 6.42 Å². The summed E-state index contributed by atoms with van der Waals surface area (Å²) in [5.74, 6) is 2.71. The summed E-state index contributed by atoms with van der Waals surface area (Å²) in [6.07, 6.45) is 7.16. The third-order valence-electron chi connectivity index (χ3n) is 2.95. The zero-order valence-corrected chi connectivity index (χ0v) is 9.20. The van der Waals surface area contributed by atoms with Crippen LogP contribution in [0.1, 0.15) is 30.0 Å². The molecule has 0 amide bonds. The van der Waals surface area contributed by atoms with Crippen molar-refractivity contribution < 1.29 is 4.79 Å². The highest BCUT2D eigenvalue weighted by molar-refractivity contribution is 5.86. The van der Waals surface area contributed by atoms with Crippen LogP contribution in [0.25, 0.3) is 0 Å². The van der Waals surface area contributed by atoms with Gasteiger partial charge in [-0.15, -0.1) is 12.3 Å². The van der Waals surface area contributed by atoms with Gasteiger partial charge >= 0.3 is 0 Å². The van der Waals surface area contributed by atoms with Crippen LogP contribution in [0.5, 0.6) is 0 Å². The third kappa shape index (κ3) is 2.15. The van der Waals surface area contributed by atoms with Gasteiger partial charge in [-0.3, -0.25) is 4.79 Å². The molecular weight excluding hydrogens is 198 g/mol. The van der Waals surface area contributed by atoms with Crippen molar-refractivity contribution in [3.05, 3.63) is 35.4 Å². The van der Waals surface area contributed by atoms with Crippen molar-refractivity contribution in [3.8, 4) is 12.3 Å². The molecule has 16 heavy (non-hydrogen) atoms. The number of hydrogen-bond acceptors (Lipinski definition) is 2. The van der Waals surface area contributed by atoms with Crippen molar-refractivity contribution >= 4 is 5.78 Å². The van der Waals surface area contributed by atoms with Gasteiger partial charge in [0.25, 0.3) is 0 Å². The molecule has 0 bridgehead atoms. The highest BCUT2D eigenvalue weighted by Crippen LogP contribution is 2.24. The lowest BCUT2D eigenvalue weighted by Gasteiger charge is -2.25. The molecule has 2 heteroatoms. The zero-order valence-electron chi connectivity index (χ0n) is 9.20. The van der Waals surface area contributed by atoms with Gasteiger partial charge < -0.3 is 5.32 Å². The van der Waals surface area contributed by atoms with Crippen LogP contribution >= 0.6 is 0 Å². The normalized spacial score (nSPS) is 18.6. The molecule has 1 aliphatic heterocycles. The highest BCUT2D eigenvalue weighted by atomic mass is 16.1. The number of Topliss-reactive ketones (excluding diaryl/α,β-unsaturated/α-hetero) is 1. The van der Waals surface area contributed by atoms with Gasteiger partial charge in [0.1, 0.15) is 0 Å². The molecule has 1 aliphatic rings. The number of carbonyl (C=O) groups is 1. The number of fused-ring (bicyclic) bond motifs is 1. The van der Waals surface area contributed by atoms with Gasteiger partial charge in [0, 0.05) is 19.4 Å². The lowest BCUT2D eigenvalue weighted by atomic mass is 9.90. The molecule has 1 heterocycles. The first kappa shape index (κ1) is 10.9. The fourth-order valence-electron chi connectivity index (χ4n) is 2.13. The minimum Gasteiger partial charge on any atom is -0.303 e. The van der Waals surface area contributed by atoms with Gasteiger partial charge in [-0.25, -0.2) is 0 Å². The van der Waals surface area contributed by atoms with E-state index in [1.165, 1.54) is 5.56 Å². The van der Waals surface area contributed by atoms with E-state index in [0.29, 0.717) is 12.8 Å². The molecule has 0 saturated heterocycles. The second kappa shape index (κ2) is 4.96. The topological polar surface area (TPSA) is 29.1 Å². The van der Waals surface area contributed by atoms with E-state index >= 15 is 0 Å². The van der Waals surface area contributed by atoms with Gasteiger partial charge in [-0.2, -0.15) is 0 Å². The van der Waals surface area contributed by atoms with E-state index < -0.39 is 0 Å². The minimum atomic E-state index is -0.154. The number of benzene rings is 1. The zero-order chi connectivity index (χ0) is 11.4. The smallest absolute Gasteiger partial charge is 0.155 e. The summed E-state index contributed by atoms with van der Waals surface area (Å²) in [7, 11) is 0. The Kier molecular flexibility index (Phi) is 3.38. The van der Waals surface area contributed by atoms with Crippen LogP contribution < -0.4 is 5.32 Å². The van der Waals surface area contributed by atoms with Crippen molar-refractivity contribution in [2.45, 2.75) is 25.3 Å². The summed E-state index contributed by atoms with van der Waals surface area (Å²) in [5.41, 5.74) is 2.40. The molecule has 0 saturated carbocycles. The largest absolute Gasteiger partial charge is 0.303 e. The molecule has 0 fully saturated rings. The molecule has 0 radical (unpaired) electrons. The van der Waals surface area contributed by atoms with Crippen LogP contribution in [0, 0.1) is 12.3 Å². The van der Waals surface area contributed by atoms with Gasteiger partial charge in [0.15, 0.2) is 5.78 Å². The molecule has 0 aliphatic carbocycles. The van der Waals surface area contributed by atoms with Crippen molar-refractivity contribution in [2.75, 3.05) is 6.54 Å². The second-order valence-electron chi connectivity index (χ2n) is 4.01. The Labute approximate surface area is 96.1 Å². The average Bonchev–Trinajstić information content (AvgIpc) is 2.35. The van der Waals surface area contributed by atoms with Gasteiger partial charge in [-0.05, 0) is 17.5 Å². The molecule has 1 aromatic rings. The maximum absolute atomic E-state index is 12.0. The van der Waals surface area contributed by atoms with Crippen LogP contribution in [-0.2, 0) is 11.2 Å². The first-order valence-electron chi connectivity index (χ1n) is 5.60. The standard InChI is InChI=1S/C14H15NO/c1-2-3-8-13(16)14-12-7-5-4-6-11(12)9-10-15-14/h1,4-7,14-15H,3,8-10H2. The van der Waals surface area contributed by atoms with Gasteiger partial charge in [0.2, 0.25) is 0 Å². The van der Waals surface area contributed by atoms with E-state index in [9.17, 15) is 4.79 Å². The Hall–Kier alpha value is -1.59. The molecule has 1 N–H and O–H groups in total. The van der Waals surface area contributed by atoms with E-state index in [1.807, 2.05) is 18.2 Å². The Morgan fingerprint density at radius 2 is 2.31 bits per heavy atom. The molecule has 0 spiro atoms. The minimum absolute atomic E-state index is 0.154. The summed E-state index contributed by atoms with van der Waals surface area (Å²) in [4.78, 5) is 12.0. The molecular formula is C14H15NO. The Morgan fingerprint density at radius 3 is 3.12 bits per heavy atom. The fraction of sp³-hybridized carbons (Fsp3) is 0.357. The quantitative estimate of drug-likeness (QED) is 0.776. The third-order valence-corrected chi connectivity index (χ3v) is 2.95. The maximum Gasteiger partial charge on any atom is 0.155 e. The number of terminal acetylenes is 1. The van der Waals surface area contributed by atoms with Crippen LogP contribution in [0.2, 0.25) is 0 Å². The van der Waals surface area contributed by atoms with Crippen LogP contribution in [0.15, 0.2) is 24.3 Å². The highest BCUT2D eigenvalue weighted by Gasteiger charge is 2.24. The number of carbonyl (C=O) groups excluding carboxylic acids is 1. The molecule has 1 atom stereocenters. The predicted molar refractivity (Wildman–Crippen MR) is 64.0 cm³/mol. The SMILES string of the molecule is C#CCCC(=O)C1NCCc2ccccc21. The molecule has 1 aromatic carbocycles. The Balaban J connectivity index is 2.19. The van der Waals surface area contributed by atoms with Gasteiger partial charge in [-0.1, -0.05) is 24.3 Å². The Morgan fingerprint density at radius 1 is 1.50 bits per heavy atom. The molecule has 1 unspecified atom stereocenters. The molecule has 0 aromatic heterocycles. The number of nitrogens with one attached hydrogen (secondary N) is 1. The first-order chi connectivity index (χ1) is 7.83. The van der Waals surface area contributed by atoms with E-state index in [-0.39, 0.29) is 11.8 Å². The van der Waals surface area contributed by atoms with Crippen LogP contribution in [0.4, 0.5) is 0 Å². The second-order valence-corrected chi connectivity index (χ2v) is 4.01. The first-order valence-corrected chi connectivity index (χ1v) is 5.60. The summed E-state index contributed by atoms with van der Waals surface area (Å²) in [6.45, 7) is 0.865. The van der Waals surface area contributed by atoms with Gasteiger partial charge in [0.05, 0.1) is 6.04 Å².